The lowest BCUT2D eigenvalue weighted by Crippen LogP contribution is -2.00. The van der Waals surface area contributed by atoms with Gasteiger partial charge >= 0.3 is 5.97 Å². The number of rotatable bonds is 4. The third kappa shape index (κ3) is 2.33. The van der Waals surface area contributed by atoms with Gasteiger partial charge in [-0.3, -0.25) is 0 Å². The van der Waals surface area contributed by atoms with Gasteiger partial charge in [0.05, 0.1) is 22.6 Å². The number of methoxy groups -OCH3 is 1. The molecule has 3 N–H and O–H groups in total. The van der Waals surface area contributed by atoms with Crippen LogP contribution in [0.2, 0.25) is 0 Å². The molecule has 102 valence electrons. The molecule has 0 aromatic carbocycles. The zero-order valence-corrected chi connectivity index (χ0v) is 12.5. The normalized spacial score (nSPS) is 10.9. The van der Waals surface area contributed by atoms with Crippen LogP contribution >= 0.6 is 22.7 Å². The van der Waals surface area contributed by atoms with Crippen LogP contribution in [0.15, 0.2) is 11.4 Å². The molecule has 0 amide bonds. The molecule has 0 unspecified atom stereocenters. The summed E-state index contributed by atoms with van der Waals surface area (Å²) in [5, 5.41) is 11.1. The molecule has 0 bridgehead atoms. The Kier molecular flexibility index (Phi) is 3.82. The Morgan fingerprint density at radius 2 is 2.11 bits per heavy atom. The number of carbonyl (C=O) groups is 1. The van der Waals surface area contributed by atoms with Crippen LogP contribution in [-0.2, 0) is 0 Å². The third-order valence-electron chi connectivity index (χ3n) is 2.81. The van der Waals surface area contributed by atoms with E-state index in [9.17, 15) is 9.90 Å². The van der Waals surface area contributed by atoms with Crippen molar-refractivity contribution in [1.82, 2.24) is 0 Å². The number of nitrogens with two attached hydrogens (primary N) is 1. The summed E-state index contributed by atoms with van der Waals surface area (Å²) in [6.07, 6.45) is 0. The predicted molar refractivity (Wildman–Crippen MR) is 79.6 cm³/mol. The predicted octanol–water partition coefficient (Wildman–Crippen LogP) is 3.89. The zero-order valence-electron chi connectivity index (χ0n) is 10.9. The van der Waals surface area contributed by atoms with E-state index in [4.69, 9.17) is 10.5 Å². The Balaban J connectivity index is 2.69. The molecule has 4 nitrogen and oxygen atoms in total. The number of thiophene rings is 2. The van der Waals surface area contributed by atoms with Crippen LogP contribution in [0, 0.1) is 0 Å². The molecule has 0 aliphatic rings. The number of carboxylic acid groups (broad SMARTS) is 1. The van der Waals surface area contributed by atoms with Gasteiger partial charge in [0.15, 0.2) is 0 Å². The molecule has 2 heterocycles. The van der Waals surface area contributed by atoms with E-state index in [2.05, 4.69) is 0 Å². The standard InChI is InChI=1S/C13H15NO3S2/c1-6(2)8-9(14)12(13(15)16)19-11(8)10-7(17-3)4-5-18-10/h4-6H,14H2,1-3H3,(H,15,16). The van der Waals surface area contributed by atoms with Crippen molar-refractivity contribution in [3.63, 3.8) is 0 Å². The number of carboxylic acids is 1. The summed E-state index contributed by atoms with van der Waals surface area (Å²) in [4.78, 5) is 13.3. The first-order chi connectivity index (χ1) is 8.97. The van der Waals surface area contributed by atoms with Gasteiger partial charge in [-0.25, -0.2) is 4.79 Å². The largest absolute Gasteiger partial charge is 0.495 e. The second kappa shape index (κ2) is 5.22. The molecule has 2 aromatic heterocycles. The van der Waals surface area contributed by atoms with Crippen molar-refractivity contribution < 1.29 is 14.6 Å². The molecule has 0 spiro atoms. The van der Waals surface area contributed by atoms with Gasteiger partial charge in [-0.05, 0) is 22.9 Å². The van der Waals surface area contributed by atoms with Crippen LogP contribution in [0.4, 0.5) is 5.69 Å². The van der Waals surface area contributed by atoms with Gasteiger partial charge in [0, 0.05) is 0 Å². The average molecular weight is 297 g/mol. The van der Waals surface area contributed by atoms with Crippen molar-refractivity contribution in [3.8, 4) is 15.5 Å². The van der Waals surface area contributed by atoms with Crippen molar-refractivity contribution >= 4 is 34.3 Å². The molecular weight excluding hydrogens is 282 g/mol. The van der Waals surface area contributed by atoms with Crippen LogP contribution in [0.3, 0.4) is 0 Å². The molecule has 0 saturated carbocycles. The smallest absolute Gasteiger partial charge is 0.348 e. The van der Waals surface area contributed by atoms with E-state index in [-0.39, 0.29) is 10.8 Å². The molecule has 2 rings (SSSR count). The van der Waals surface area contributed by atoms with E-state index in [1.54, 1.807) is 7.11 Å². The lowest BCUT2D eigenvalue weighted by molar-refractivity contribution is 0.0703. The Hall–Kier alpha value is -1.53. The third-order valence-corrected chi connectivity index (χ3v) is 5.08. The van der Waals surface area contributed by atoms with E-state index < -0.39 is 5.97 Å². The number of anilines is 1. The molecule has 2 aromatic rings. The number of hydrogen-bond acceptors (Lipinski definition) is 5. The van der Waals surface area contributed by atoms with E-state index in [1.807, 2.05) is 25.3 Å². The highest BCUT2D eigenvalue weighted by molar-refractivity contribution is 7.23. The van der Waals surface area contributed by atoms with Crippen molar-refractivity contribution in [2.45, 2.75) is 19.8 Å². The minimum Gasteiger partial charge on any atom is -0.495 e. The fourth-order valence-corrected chi connectivity index (χ4v) is 4.22. The van der Waals surface area contributed by atoms with E-state index in [0.29, 0.717) is 5.69 Å². The molecule has 0 fully saturated rings. The van der Waals surface area contributed by atoms with Gasteiger partial charge in [-0.2, -0.15) is 0 Å². The number of nitrogen functional groups attached to an aromatic ring is 1. The second-order valence-electron chi connectivity index (χ2n) is 4.37. The Morgan fingerprint density at radius 3 is 2.63 bits per heavy atom. The maximum absolute atomic E-state index is 11.2. The van der Waals surface area contributed by atoms with Gasteiger partial charge in [-0.1, -0.05) is 13.8 Å². The maximum Gasteiger partial charge on any atom is 0.348 e. The van der Waals surface area contributed by atoms with Crippen LogP contribution in [0.1, 0.15) is 35.0 Å². The summed E-state index contributed by atoms with van der Waals surface area (Å²) in [6.45, 7) is 4.02. The molecule has 6 heteroatoms. The number of ether oxygens (including phenoxy) is 1. The fourth-order valence-electron chi connectivity index (χ4n) is 1.98. The van der Waals surface area contributed by atoms with E-state index in [0.717, 1.165) is 21.1 Å². The highest BCUT2D eigenvalue weighted by Gasteiger charge is 2.25. The maximum atomic E-state index is 11.2. The number of hydrogen-bond donors (Lipinski definition) is 2. The van der Waals surface area contributed by atoms with Gasteiger partial charge < -0.3 is 15.6 Å². The molecule has 19 heavy (non-hydrogen) atoms. The second-order valence-corrected chi connectivity index (χ2v) is 6.30. The molecule has 0 atom stereocenters. The summed E-state index contributed by atoms with van der Waals surface area (Å²) < 4.78 is 5.31. The van der Waals surface area contributed by atoms with Crippen LogP contribution < -0.4 is 10.5 Å². The zero-order chi connectivity index (χ0) is 14.2. The highest BCUT2D eigenvalue weighted by Crippen LogP contribution is 2.47. The first kappa shape index (κ1) is 13.9. The fraction of sp³-hybridized carbons (Fsp3) is 0.308. The summed E-state index contributed by atoms with van der Waals surface area (Å²) in [5.41, 5.74) is 7.26. The molecule has 0 aliphatic carbocycles. The lowest BCUT2D eigenvalue weighted by atomic mass is 10.0. The summed E-state index contributed by atoms with van der Waals surface area (Å²) in [7, 11) is 1.61. The first-order valence-corrected chi connectivity index (χ1v) is 7.44. The van der Waals surface area contributed by atoms with Crippen LogP contribution in [0.25, 0.3) is 9.75 Å². The van der Waals surface area contributed by atoms with Crippen LogP contribution in [-0.4, -0.2) is 18.2 Å². The van der Waals surface area contributed by atoms with Gasteiger partial charge in [0.1, 0.15) is 10.6 Å². The summed E-state index contributed by atoms with van der Waals surface area (Å²) in [5.74, 6) is -0.0672. The molecule has 0 aliphatic heterocycles. The van der Waals surface area contributed by atoms with Gasteiger partial charge in [0.2, 0.25) is 0 Å². The van der Waals surface area contributed by atoms with Crippen molar-refractivity contribution in [1.29, 1.82) is 0 Å². The SMILES string of the molecule is COc1ccsc1-c1sc(C(=O)O)c(N)c1C(C)C. The van der Waals surface area contributed by atoms with E-state index >= 15 is 0 Å². The minimum atomic E-state index is -0.980. The van der Waals surface area contributed by atoms with E-state index in [1.165, 1.54) is 22.7 Å². The number of aromatic carboxylic acids is 1. The Morgan fingerprint density at radius 1 is 1.42 bits per heavy atom. The van der Waals surface area contributed by atoms with Crippen molar-refractivity contribution in [2.75, 3.05) is 12.8 Å². The Labute approximate surface area is 119 Å². The van der Waals surface area contributed by atoms with Crippen molar-refractivity contribution in [2.24, 2.45) is 0 Å². The van der Waals surface area contributed by atoms with Crippen molar-refractivity contribution in [3.05, 3.63) is 21.9 Å². The monoisotopic (exact) mass is 297 g/mol. The summed E-state index contributed by atoms with van der Waals surface area (Å²) >= 11 is 2.75. The van der Waals surface area contributed by atoms with Crippen LogP contribution in [0.5, 0.6) is 5.75 Å². The molecular formula is C13H15NO3S2. The Bertz CT molecular complexity index is 613. The average Bonchev–Trinajstić information content (AvgIpc) is 2.91. The lowest BCUT2D eigenvalue weighted by Gasteiger charge is -2.08. The topological polar surface area (TPSA) is 72.5 Å². The van der Waals surface area contributed by atoms with Gasteiger partial charge in [0.25, 0.3) is 0 Å². The van der Waals surface area contributed by atoms with Gasteiger partial charge in [-0.15, -0.1) is 22.7 Å². The minimum absolute atomic E-state index is 0.158. The highest BCUT2D eigenvalue weighted by atomic mass is 32.1. The summed E-state index contributed by atoms with van der Waals surface area (Å²) in [6, 6.07) is 1.88. The quantitative estimate of drug-likeness (QED) is 0.898. The molecule has 0 saturated heterocycles. The first-order valence-electron chi connectivity index (χ1n) is 5.74. The molecule has 0 radical (unpaired) electrons.